The predicted octanol–water partition coefficient (Wildman–Crippen LogP) is 5.00. The third-order valence-corrected chi connectivity index (χ3v) is 6.22. The molecule has 0 spiro atoms. The molecule has 0 bridgehead atoms. The molecule has 28 heavy (non-hydrogen) atoms. The summed E-state index contributed by atoms with van der Waals surface area (Å²) < 4.78 is 11.0. The van der Waals surface area contributed by atoms with E-state index in [2.05, 4.69) is 84.6 Å². The third-order valence-electron chi connectivity index (χ3n) is 6.22. The highest BCUT2D eigenvalue weighted by molar-refractivity contribution is 5.45. The largest absolute Gasteiger partial charge is 0.454 e. The second kappa shape index (κ2) is 6.99. The van der Waals surface area contributed by atoms with Crippen LogP contribution in [0.15, 0.2) is 78.9 Å². The maximum atomic E-state index is 5.57. The summed E-state index contributed by atoms with van der Waals surface area (Å²) in [5, 5.41) is 0. The molecule has 2 heterocycles. The van der Waals surface area contributed by atoms with E-state index in [4.69, 9.17) is 9.47 Å². The van der Waals surface area contributed by atoms with Crippen molar-refractivity contribution < 1.29 is 9.47 Å². The van der Waals surface area contributed by atoms with Crippen LogP contribution in [0.5, 0.6) is 11.5 Å². The number of hydrogen-bond donors (Lipinski definition) is 0. The Bertz CT molecular complexity index is 915. The van der Waals surface area contributed by atoms with E-state index in [1.54, 1.807) is 0 Å². The van der Waals surface area contributed by atoms with Crippen molar-refractivity contribution in [2.45, 2.75) is 31.3 Å². The maximum absolute atomic E-state index is 5.57. The molecule has 1 saturated heterocycles. The Hall–Kier alpha value is -2.78. The Labute approximate surface area is 166 Å². The van der Waals surface area contributed by atoms with E-state index < -0.39 is 0 Å². The molecule has 0 aromatic heterocycles. The number of nitrogens with zero attached hydrogens (tertiary/aromatic N) is 1. The van der Waals surface area contributed by atoms with E-state index in [9.17, 15) is 0 Å². The zero-order chi connectivity index (χ0) is 19.0. The normalized spacial score (nSPS) is 20.4. The van der Waals surface area contributed by atoms with Crippen LogP contribution in [0.25, 0.3) is 0 Å². The van der Waals surface area contributed by atoms with Gasteiger partial charge in [-0.1, -0.05) is 66.7 Å². The lowest BCUT2D eigenvalue weighted by atomic mass is 9.73. The lowest BCUT2D eigenvalue weighted by Gasteiger charge is -2.31. The van der Waals surface area contributed by atoms with Crippen LogP contribution in [0.4, 0.5) is 0 Å². The molecule has 3 nitrogen and oxygen atoms in total. The first-order chi connectivity index (χ1) is 13.7. The average molecular weight is 371 g/mol. The molecule has 3 aromatic rings. The fourth-order valence-electron chi connectivity index (χ4n) is 4.79. The van der Waals surface area contributed by atoms with Crippen LogP contribution in [0.3, 0.4) is 0 Å². The first-order valence-electron chi connectivity index (χ1n) is 9.98. The van der Waals surface area contributed by atoms with Crippen LogP contribution in [-0.4, -0.2) is 24.3 Å². The Morgan fingerprint density at radius 1 is 0.857 bits per heavy atom. The highest BCUT2D eigenvalue weighted by Crippen LogP contribution is 2.44. The molecule has 1 unspecified atom stereocenters. The van der Waals surface area contributed by atoms with Crippen molar-refractivity contribution in [2.24, 2.45) is 0 Å². The van der Waals surface area contributed by atoms with Gasteiger partial charge in [-0.15, -0.1) is 0 Å². The molecular formula is C25H25NO2. The lowest BCUT2D eigenvalue weighted by Crippen LogP contribution is -2.32. The lowest BCUT2D eigenvalue weighted by molar-refractivity contribution is 0.174. The van der Waals surface area contributed by atoms with Crippen molar-refractivity contribution in [3.05, 3.63) is 95.6 Å². The fourth-order valence-corrected chi connectivity index (χ4v) is 4.79. The first kappa shape index (κ1) is 17.3. The quantitative estimate of drug-likeness (QED) is 0.644. The Kier molecular flexibility index (Phi) is 4.33. The Morgan fingerprint density at radius 3 is 2.18 bits per heavy atom. The Morgan fingerprint density at radius 2 is 1.50 bits per heavy atom. The molecule has 0 N–H and O–H groups in total. The van der Waals surface area contributed by atoms with Gasteiger partial charge < -0.3 is 9.47 Å². The number of rotatable bonds is 4. The summed E-state index contributed by atoms with van der Waals surface area (Å²) in [4.78, 5) is 2.59. The molecule has 0 radical (unpaired) electrons. The molecular weight excluding hydrogens is 346 g/mol. The van der Waals surface area contributed by atoms with Gasteiger partial charge in [0.2, 0.25) is 6.79 Å². The van der Waals surface area contributed by atoms with Crippen LogP contribution in [0.1, 0.15) is 30.0 Å². The van der Waals surface area contributed by atoms with Crippen LogP contribution in [-0.2, 0) is 12.0 Å². The van der Waals surface area contributed by atoms with E-state index in [-0.39, 0.29) is 5.41 Å². The number of likely N-dealkylation sites (tertiary alicyclic amines) is 1. The molecule has 2 aliphatic rings. The van der Waals surface area contributed by atoms with Gasteiger partial charge in [0.1, 0.15) is 0 Å². The van der Waals surface area contributed by atoms with Gasteiger partial charge in [-0.2, -0.15) is 0 Å². The smallest absolute Gasteiger partial charge is 0.231 e. The fraction of sp³-hybridized carbons (Fsp3) is 0.280. The van der Waals surface area contributed by atoms with Gasteiger partial charge in [-0.05, 0) is 42.2 Å². The molecule has 3 aromatic carbocycles. The summed E-state index contributed by atoms with van der Waals surface area (Å²) in [5.41, 5.74) is 4.11. The van der Waals surface area contributed by atoms with Crippen molar-refractivity contribution in [2.75, 3.05) is 13.3 Å². The van der Waals surface area contributed by atoms with E-state index in [0.29, 0.717) is 12.8 Å². The van der Waals surface area contributed by atoms with Gasteiger partial charge in [-0.3, -0.25) is 4.90 Å². The van der Waals surface area contributed by atoms with Gasteiger partial charge in [0.15, 0.2) is 11.5 Å². The molecule has 5 rings (SSSR count). The van der Waals surface area contributed by atoms with Crippen molar-refractivity contribution in [1.29, 1.82) is 0 Å². The molecule has 0 saturated carbocycles. The number of hydrogen-bond acceptors (Lipinski definition) is 3. The summed E-state index contributed by atoms with van der Waals surface area (Å²) in [5.74, 6) is 1.71. The van der Waals surface area contributed by atoms with Crippen molar-refractivity contribution in [3.8, 4) is 11.5 Å². The highest BCUT2D eigenvalue weighted by atomic mass is 16.7. The highest BCUT2D eigenvalue weighted by Gasteiger charge is 2.44. The number of ether oxygens (including phenoxy) is 2. The van der Waals surface area contributed by atoms with Gasteiger partial charge in [0, 0.05) is 24.5 Å². The number of fused-ring (bicyclic) bond motifs is 1. The summed E-state index contributed by atoms with van der Waals surface area (Å²) in [6.45, 7) is 4.60. The topological polar surface area (TPSA) is 21.7 Å². The SMILES string of the molecule is CC1CC(c2ccccc2)(c2ccccc2)CN1Cc1ccc2c(c1)OCO2. The van der Waals surface area contributed by atoms with Crippen molar-refractivity contribution >= 4 is 0 Å². The van der Waals surface area contributed by atoms with Gasteiger partial charge in [0.05, 0.1) is 0 Å². The van der Waals surface area contributed by atoms with Crippen LogP contribution >= 0.6 is 0 Å². The standard InChI is InChI=1S/C25H25NO2/c1-19-15-25(21-8-4-2-5-9-21,22-10-6-3-7-11-22)17-26(19)16-20-12-13-23-24(14-20)28-18-27-23/h2-14,19H,15-18H2,1H3. The van der Waals surface area contributed by atoms with Crippen LogP contribution in [0, 0.1) is 0 Å². The monoisotopic (exact) mass is 371 g/mol. The second-order valence-corrected chi connectivity index (χ2v) is 7.96. The second-order valence-electron chi connectivity index (χ2n) is 7.96. The van der Waals surface area contributed by atoms with Crippen LogP contribution in [0.2, 0.25) is 0 Å². The van der Waals surface area contributed by atoms with Crippen molar-refractivity contribution in [1.82, 2.24) is 4.90 Å². The maximum Gasteiger partial charge on any atom is 0.231 e. The number of benzene rings is 3. The Balaban J connectivity index is 1.47. The predicted molar refractivity (Wildman–Crippen MR) is 111 cm³/mol. The molecule has 0 aliphatic carbocycles. The van der Waals surface area contributed by atoms with Crippen LogP contribution < -0.4 is 9.47 Å². The minimum Gasteiger partial charge on any atom is -0.454 e. The van der Waals surface area contributed by atoms with E-state index in [1.807, 2.05) is 6.07 Å². The third kappa shape index (κ3) is 2.96. The van der Waals surface area contributed by atoms with E-state index in [1.165, 1.54) is 16.7 Å². The van der Waals surface area contributed by atoms with Gasteiger partial charge >= 0.3 is 0 Å². The summed E-state index contributed by atoms with van der Waals surface area (Å²) in [6, 6.07) is 28.8. The van der Waals surface area contributed by atoms with E-state index in [0.717, 1.165) is 31.0 Å². The van der Waals surface area contributed by atoms with Gasteiger partial charge in [-0.25, -0.2) is 0 Å². The van der Waals surface area contributed by atoms with E-state index >= 15 is 0 Å². The van der Waals surface area contributed by atoms with Crippen molar-refractivity contribution in [3.63, 3.8) is 0 Å². The molecule has 2 aliphatic heterocycles. The zero-order valence-electron chi connectivity index (χ0n) is 16.2. The molecule has 1 fully saturated rings. The summed E-state index contributed by atoms with van der Waals surface area (Å²) in [6.07, 6.45) is 1.12. The first-order valence-corrected chi connectivity index (χ1v) is 9.98. The molecule has 0 amide bonds. The molecule has 142 valence electrons. The molecule has 3 heteroatoms. The molecule has 1 atom stereocenters. The average Bonchev–Trinajstić information content (AvgIpc) is 3.34. The summed E-state index contributed by atoms with van der Waals surface area (Å²) >= 11 is 0. The minimum absolute atomic E-state index is 0.0261. The summed E-state index contributed by atoms with van der Waals surface area (Å²) in [7, 11) is 0. The van der Waals surface area contributed by atoms with Gasteiger partial charge in [0.25, 0.3) is 0 Å². The zero-order valence-corrected chi connectivity index (χ0v) is 16.2. The minimum atomic E-state index is 0.0261.